The molecule has 0 bridgehead atoms. The molecule has 156 valence electrons. The Kier molecular flexibility index (Phi) is 6.20. The minimum absolute atomic E-state index is 0.00783. The van der Waals surface area contributed by atoms with Gasteiger partial charge in [0.1, 0.15) is 0 Å². The molecule has 1 N–H and O–H groups in total. The molecule has 1 aliphatic heterocycles. The highest BCUT2D eigenvalue weighted by Gasteiger charge is 2.20. The zero-order chi connectivity index (χ0) is 21.1. The number of carbonyl (C=O) groups excluding carboxylic acids is 1. The van der Waals surface area contributed by atoms with Gasteiger partial charge in [0, 0.05) is 12.3 Å². The van der Waals surface area contributed by atoms with Crippen molar-refractivity contribution in [1.82, 2.24) is 9.55 Å². The molecule has 0 unspecified atom stereocenters. The summed E-state index contributed by atoms with van der Waals surface area (Å²) in [5.74, 6) is 0.0489. The Morgan fingerprint density at radius 2 is 1.97 bits per heavy atom. The quantitative estimate of drug-likeness (QED) is 0.480. The van der Waals surface area contributed by atoms with Crippen molar-refractivity contribution in [3.8, 4) is 0 Å². The fourth-order valence-corrected chi connectivity index (χ4v) is 4.54. The number of amides is 1. The maximum absolute atomic E-state index is 13.1. The summed E-state index contributed by atoms with van der Waals surface area (Å²) in [6.45, 7) is 5.12. The number of hydrogen-bond acceptors (Lipinski definition) is 5. The van der Waals surface area contributed by atoms with Crippen molar-refractivity contribution in [2.45, 2.75) is 44.5 Å². The first kappa shape index (κ1) is 20.6. The molecule has 1 aromatic heterocycles. The van der Waals surface area contributed by atoms with E-state index in [0.29, 0.717) is 22.6 Å². The average molecular weight is 424 g/mol. The molecular formula is C23H25N3O3S. The summed E-state index contributed by atoms with van der Waals surface area (Å²) in [5, 5.41) is 4.12. The van der Waals surface area contributed by atoms with Crippen LogP contribution in [0.5, 0.6) is 0 Å². The predicted molar refractivity (Wildman–Crippen MR) is 120 cm³/mol. The highest BCUT2D eigenvalue weighted by Crippen LogP contribution is 2.23. The van der Waals surface area contributed by atoms with Gasteiger partial charge in [-0.2, -0.15) is 0 Å². The Labute approximate surface area is 179 Å². The summed E-state index contributed by atoms with van der Waals surface area (Å²) in [6, 6.07) is 13.2. The van der Waals surface area contributed by atoms with Gasteiger partial charge in [-0.1, -0.05) is 42.1 Å². The highest BCUT2D eigenvalue weighted by molar-refractivity contribution is 7.99. The van der Waals surface area contributed by atoms with Gasteiger partial charge in [0.2, 0.25) is 5.91 Å². The molecule has 0 saturated carbocycles. The first-order chi connectivity index (χ1) is 14.5. The predicted octanol–water partition coefficient (Wildman–Crippen LogP) is 3.92. The number of benzene rings is 2. The number of anilines is 1. The van der Waals surface area contributed by atoms with E-state index in [1.165, 1.54) is 11.8 Å². The second kappa shape index (κ2) is 9.02. The third-order valence-corrected chi connectivity index (χ3v) is 6.29. The minimum Gasteiger partial charge on any atom is -0.376 e. The molecule has 2 aromatic carbocycles. The van der Waals surface area contributed by atoms with Crippen molar-refractivity contribution in [2.24, 2.45) is 0 Å². The van der Waals surface area contributed by atoms with Crippen LogP contribution in [0.2, 0.25) is 0 Å². The van der Waals surface area contributed by atoms with Gasteiger partial charge in [0.15, 0.2) is 5.16 Å². The van der Waals surface area contributed by atoms with Crippen LogP contribution in [-0.2, 0) is 16.1 Å². The summed E-state index contributed by atoms with van der Waals surface area (Å²) < 4.78 is 7.40. The maximum atomic E-state index is 13.1. The zero-order valence-electron chi connectivity index (χ0n) is 17.2. The molecule has 3 aromatic rings. The number of nitrogens with one attached hydrogen (secondary N) is 1. The van der Waals surface area contributed by atoms with Gasteiger partial charge >= 0.3 is 0 Å². The Bertz CT molecular complexity index is 1120. The van der Waals surface area contributed by atoms with E-state index in [0.717, 1.165) is 36.3 Å². The van der Waals surface area contributed by atoms with Crippen LogP contribution >= 0.6 is 11.8 Å². The maximum Gasteiger partial charge on any atom is 0.262 e. The van der Waals surface area contributed by atoms with Gasteiger partial charge in [-0.05, 0) is 49.9 Å². The Hall–Kier alpha value is -2.64. The van der Waals surface area contributed by atoms with Gasteiger partial charge in [-0.3, -0.25) is 14.2 Å². The second-order valence-electron chi connectivity index (χ2n) is 7.57. The fraction of sp³-hybridized carbons (Fsp3) is 0.348. The topological polar surface area (TPSA) is 73.2 Å². The van der Waals surface area contributed by atoms with Crippen LogP contribution in [0.4, 0.5) is 5.69 Å². The number of hydrogen-bond donors (Lipinski definition) is 1. The minimum atomic E-state index is -0.122. The van der Waals surface area contributed by atoms with Crippen LogP contribution in [0.25, 0.3) is 10.9 Å². The van der Waals surface area contributed by atoms with E-state index in [2.05, 4.69) is 10.3 Å². The van der Waals surface area contributed by atoms with Crippen LogP contribution < -0.4 is 10.9 Å². The Balaban J connectivity index is 1.57. The molecule has 2 heterocycles. The molecule has 1 saturated heterocycles. The molecule has 1 aliphatic rings. The summed E-state index contributed by atoms with van der Waals surface area (Å²) in [7, 11) is 0. The molecule has 7 heteroatoms. The monoisotopic (exact) mass is 423 g/mol. The molecule has 4 rings (SSSR count). The number of fused-ring (bicyclic) bond motifs is 1. The molecule has 0 spiro atoms. The number of nitrogens with zero attached hydrogens (tertiary/aromatic N) is 2. The van der Waals surface area contributed by atoms with Crippen molar-refractivity contribution in [2.75, 3.05) is 17.7 Å². The van der Waals surface area contributed by atoms with Crippen molar-refractivity contribution in [1.29, 1.82) is 0 Å². The first-order valence-corrected chi connectivity index (χ1v) is 11.1. The van der Waals surface area contributed by atoms with Crippen molar-refractivity contribution in [3.05, 3.63) is 63.9 Å². The third-order valence-electron chi connectivity index (χ3n) is 5.31. The number of carbonyl (C=O) groups is 1. The van der Waals surface area contributed by atoms with Crippen molar-refractivity contribution >= 4 is 34.3 Å². The Morgan fingerprint density at radius 1 is 1.20 bits per heavy atom. The molecule has 0 radical (unpaired) electrons. The van der Waals surface area contributed by atoms with Crippen LogP contribution in [0.1, 0.15) is 24.0 Å². The van der Waals surface area contributed by atoms with Gasteiger partial charge in [0.25, 0.3) is 5.56 Å². The fourth-order valence-electron chi connectivity index (χ4n) is 3.73. The van der Waals surface area contributed by atoms with Crippen LogP contribution in [0.15, 0.2) is 52.4 Å². The zero-order valence-corrected chi connectivity index (χ0v) is 18.0. The lowest BCUT2D eigenvalue weighted by Gasteiger charge is -2.16. The number of para-hydroxylation sites is 2. The number of thioether (sulfide) groups is 1. The molecule has 30 heavy (non-hydrogen) atoms. The second-order valence-corrected chi connectivity index (χ2v) is 8.51. The van der Waals surface area contributed by atoms with Gasteiger partial charge in [-0.15, -0.1) is 0 Å². The van der Waals surface area contributed by atoms with E-state index in [9.17, 15) is 9.59 Å². The molecule has 1 fully saturated rings. The van der Waals surface area contributed by atoms with Crippen molar-refractivity contribution < 1.29 is 9.53 Å². The third kappa shape index (κ3) is 4.42. The highest BCUT2D eigenvalue weighted by atomic mass is 32.2. The Morgan fingerprint density at radius 3 is 2.70 bits per heavy atom. The lowest BCUT2D eigenvalue weighted by molar-refractivity contribution is -0.113. The van der Waals surface area contributed by atoms with Gasteiger partial charge in [0.05, 0.1) is 29.3 Å². The van der Waals surface area contributed by atoms with E-state index in [-0.39, 0.29) is 23.3 Å². The molecule has 0 aliphatic carbocycles. The largest absolute Gasteiger partial charge is 0.376 e. The van der Waals surface area contributed by atoms with Crippen LogP contribution in [0.3, 0.4) is 0 Å². The van der Waals surface area contributed by atoms with E-state index in [4.69, 9.17) is 4.74 Å². The smallest absolute Gasteiger partial charge is 0.262 e. The molecular weight excluding hydrogens is 398 g/mol. The van der Waals surface area contributed by atoms with E-state index in [1.54, 1.807) is 10.6 Å². The van der Waals surface area contributed by atoms with Gasteiger partial charge in [-0.25, -0.2) is 4.98 Å². The number of aryl methyl sites for hydroxylation is 2. The van der Waals surface area contributed by atoms with Crippen LogP contribution in [-0.4, -0.2) is 33.9 Å². The van der Waals surface area contributed by atoms with Crippen molar-refractivity contribution in [3.63, 3.8) is 0 Å². The molecule has 6 nitrogen and oxygen atoms in total. The molecule has 1 atom stereocenters. The lowest BCUT2D eigenvalue weighted by Crippen LogP contribution is -2.29. The first-order valence-electron chi connectivity index (χ1n) is 10.1. The number of rotatable bonds is 6. The summed E-state index contributed by atoms with van der Waals surface area (Å²) in [6.07, 6.45) is 1.94. The summed E-state index contributed by atoms with van der Waals surface area (Å²) in [5.41, 5.74) is 3.43. The van der Waals surface area contributed by atoms with E-state index in [1.807, 2.05) is 50.2 Å². The van der Waals surface area contributed by atoms with E-state index < -0.39 is 0 Å². The molecule has 1 amide bonds. The standard InChI is InChI=1S/C23H25N3O3S/c1-15-7-5-8-16(2)21(15)25-20(27)14-30-23-24-19-11-4-3-10-18(19)22(28)26(23)13-17-9-6-12-29-17/h3-5,7-8,10-11,17H,6,9,12-14H2,1-2H3,(H,25,27)/t17-/m0/s1. The number of ether oxygens (including phenoxy) is 1. The van der Waals surface area contributed by atoms with E-state index >= 15 is 0 Å². The summed E-state index contributed by atoms with van der Waals surface area (Å²) >= 11 is 1.28. The average Bonchev–Trinajstić information content (AvgIpc) is 3.25. The lowest BCUT2D eigenvalue weighted by atomic mass is 10.1. The number of aromatic nitrogens is 2. The normalized spacial score (nSPS) is 16.1. The van der Waals surface area contributed by atoms with Gasteiger partial charge < -0.3 is 10.1 Å². The summed E-state index contributed by atoms with van der Waals surface area (Å²) in [4.78, 5) is 30.4. The SMILES string of the molecule is Cc1cccc(C)c1NC(=O)CSc1nc2ccccc2c(=O)n1C[C@@H]1CCCO1. The van der Waals surface area contributed by atoms with Crippen LogP contribution in [0, 0.1) is 13.8 Å².